The largest absolute Gasteiger partial charge is 0.394 e. The van der Waals surface area contributed by atoms with Crippen molar-refractivity contribution in [3.63, 3.8) is 0 Å². The Labute approximate surface area is 132 Å². The molecule has 1 aromatic rings. The van der Waals surface area contributed by atoms with Crippen molar-refractivity contribution in [1.82, 2.24) is 0 Å². The number of nitro groups is 1. The maximum Gasteiger partial charge on any atom is 0.294 e. The SMILES string of the molecule is CC1(C)CN(c2cc(Cl)c(Cl)cc2[N+](=O)[O-])CC(CO)O1. The van der Waals surface area contributed by atoms with Crippen molar-refractivity contribution >= 4 is 34.6 Å². The Morgan fingerprint density at radius 2 is 2.10 bits per heavy atom. The van der Waals surface area contributed by atoms with Gasteiger partial charge in [-0.1, -0.05) is 23.2 Å². The fourth-order valence-corrected chi connectivity index (χ4v) is 2.82. The number of aliphatic hydroxyl groups is 1. The molecule has 1 aromatic carbocycles. The van der Waals surface area contributed by atoms with E-state index >= 15 is 0 Å². The average molecular weight is 335 g/mol. The summed E-state index contributed by atoms with van der Waals surface area (Å²) in [6.45, 7) is 4.37. The molecule has 0 bridgehead atoms. The van der Waals surface area contributed by atoms with Crippen LogP contribution >= 0.6 is 23.2 Å². The van der Waals surface area contributed by atoms with E-state index in [0.717, 1.165) is 0 Å². The Balaban J connectivity index is 2.44. The van der Waals surface area contributed by atoms with E-state index in [1.807, 2.05) is 13.8 Å². The lowest BCUT2D eigenvalue weighted by Crippen LogP contribution is -2.54. The summed E-state index contributed by atoms with van der Waals surface area (Å²) in [4.78, 5) is 12.5. The molecule has 0 aromatic heterocycles. The highest BCUT2D eigenvalue weighted by atomic mass is 35.5. The maximum atomic E-state index is 11.2. The first kappa shape index (κ1) is 16.3. The van der Waals surface area contributed by atoms with E-state index < -0.39 is 16.6 Å². The number of ether oxygens (including phenoxy) is 1. The minimum absolute atomic E-state index is 0.112. The minimum atomic E-state index is -0.536. The smallest absolute Gasteiger partial charge is 0.294 e. The molecule has 1 N–H and O–H groups in total. The summed E-state index contributed by atoms with van der Waals surface area (Å²) in [5.41, 5.74) is -0.269. The molecule has 1 saturated heterocycles. The number of rotatable bonds is 3. The van der Waals surface area contributed by atoms with Crippen LogP contribution in [0.3, 0.4) is 0 Å². The number of nitrogens with zero attached hydrogens (tertiary/aromatic N) is 2. The predicted octanol–water partition coefficient (Wildman–Crippen LogP) is 2.88. The first-order valence-corrected chi connectivity index (χ1v) is 7.16. The highest BCUT2D eigenvalue weighted by Crippen LogP contribution is 2.38. The molecule has 1 aliphatic rings. The number of morpholine rings is 1. The van der Waals surface area contributed by atoms with E-state index in [9.17, 15) is 15.2 Å². The molecule has 1 heterocycles. The van der Waals surface area contributed by atoms with Crippen molar-refractivity contribution in [2.24, 2.45) is 0 Å². The second-order valence-electron chi connectivity index (χ2n) is 5.57. The Morgan fingerprint density at radius 1 is 1.48 bits per heavy atom. The summed E-state index contributed by atoms with van der Waals surface area (Å²) < 4.78 is 5.71. The first-order valence-electron chi connectivity index (χ1n) is 6.40. The number of hydrogen-bond acceptors (Lipinski definition) is 5. The normalized spacial score (nSPS) is 21.4. The molecule has 21 heavy (non-hydrogen) atoms. The Hall–Kier alpha value is -1.08. The fraction of sp³-hybridized carbons (Fsp3) is 0.538. The number of anilines is 1. The lowest BCUT2D eigenvalue weighted by atomic mass is 10.0. The van der Waals surface area contributed by atoms with Gasteiger partial charge in [-0.25, -0.2) is 0 Å². The summed E-state index contributed by atoms with van der Waals surface area (Å²) in [7, 11) is 0. The summed E-state index contributed by atoms with van der Waals surface area (Å²) in [6.07, 6.45) is -0.414. The van der Waals surface area contributed by atoms with Gasteiger partial charge in [-0.2, -0.15) is 0 Å². The molecule has 0 aliphatic carbocycles. The Morgan fingerprint density at radius 3 is 2.67 bits per heavy atom. The molecule has 1 fully saturated rings. The number of hydrogen-bond donors (Lipinski definition) is 1. The Bertz CT molecular complexity index is 565. The summed E-state index contributed by atoms with van der Waals surface area (Å²) in [5.74, 6) is 0. The van der Waals surface area contributed by atoms with Gasteiger partial charge in [0.15, 0.2) is 0 Å². The van der Waals surface area contributed by atoms with Gasteiger partial charge in [0.1, 0.15) is 5.69 Å². The monoisotopic (exact) mass is 334 g/mol. The molecule has 6 nitrogen and oxygen atoms in total. The number of nitro benzene ring substituents is 1. The van der Waals surface area contributed by atoms with E-state index in [2.05, 4.69) is 0 Å². The highest BCUT2D eigenvalue weighted by Gasteiger charge is 2.35. The zero-order chi connectivity index (χ0) is 15.8. The van der Waals surface area contributed by atoms with E-state index in [0.29, 0.717) is 18.8 Å². The van der Waals surface area contributed by atoms with Gasteiger partial charge in [-0.05, 0) is 19.9 Å². The van der Waals surface area contributed by atoms with Crippen molar-refractivity contribution in [2.45, 2.75) is 25.6 Å². The van der Waals surface area contributed by atoms with Crippen molar-refractivity contribution in [3.8, 4) is 0 Å². The van der Waals surface area contributed by atoms with Crippen LogP contribution in [0.1, 0.15) is 13.8 Å². The number of aliphatic hydroxyl groups excluding tert-OH is 1. The number of benzene rings is 1. The quantitative estimate of drug-likeness (QED) is 0.679. The van der Waals surface area contributed by atoms with Crippen LogP contribution in [0.5, 0.6) is 0 Å². The molecule has 1 unspecified atom stereocenters. The zero-order valence-electron chi connectivity index (χ0n) is 11.7. The van der Waals surface area contributed by atoms with E-state index in [1.54, 1.807) is 4.90 Å². The zero-order valence-corrected chi connectivity index (χ0v) is 13.2. The van der Waals surface area contributed by atoms with E-state index in [1.165, 1.54) is 12.1 Å². The Kier molecular flexibility index (Phi) is 4.63. The topological polar surface area (TPSA) is 75.8 Å². The van der Waals surface area contributed by atoms with Crippen molar-refractivity contribution in [2.75, 3.05) is 24.6 Å². The van der Waals surface area contributed by atoms with Crippen LogP contribution in [0.25, 0.3) is 0 Å². The summed E-state index contributed by atoms with van der Waals surface area (Å²) in [6, 6.07) is 2.73. The van der Waals surface area contributed by atoms with E-state index in [4.69, 9.17) is 27.9 Å². The van der Waals surface area contributed by atoms with Crippen molar-refractivity contribution in [3.05, 3.63) is 32.3 Å². The van der Waals surface area contributed by atoms with Gasteiger partial charge in [0, 0.05) is 19.2 Å². The molecule has 1 atom stereocenters. The van der Waals surface area contributed by atoms with Gasteiger partial charge in [-0.3, -0.25) is 10.1 Å². The van der Waals surface area contributed by atoms with Gasteiger partial charge in [0.2, 0.25) is 0 Å². The van der Waals surface area contributed by atoms with Crippen molar-refractivity contribution in [1.29, 1.82) is 0 Å². The third-order valence-corrected chi connectivity index (χ3v) is 3.96. The van der Waals surface area contributed by atoms with Crippen molar-refractivity contribution < 1.29 is 14.8 Å². The maximum absolute atomic E-state index is 11.2. The standard InChI is InChI=1S/C13H16Cl2N2O4/c1-13(2)7-16(5-8(6-18)21-13)11-3-9(14)10(15)4-12(11)17(19)20/h3-4,8,18H,5-7H2,1-2H3. The highest BCUT2D eigenvalue weighted by molar-refractivity contribution is 6.42. The van der Waals surface area contributed by atoms with Crippen LogP contribution in [0, 0.1) is 10.1 Å². The third-order valence-electron chi connectivity index (χ3n) is 3.24. The molecule has 0 amide bonds. The molecular weight excluding hydrogens is 319 g/mol. The van der Waals surface area contributed by atoms with Crippen LogP contribution in [-0.4, -0.2) is 41.4 Å². The molecule has 0 spiro atoms. The lowest BCUT2D eigenvalue weighted by Gasteiger charge is -2.43. The minimum Gasteiger partial charge on any atom is -0.394 e. The van der Waals surface area contributed by atoms with Crippen LogP contribution in [-0.2, 0) is 4.74 Å². The lowest BCUT2D eigenvalue weighted by molar-refractivity contribution is -0.384. The summed E-state index contributed by atoms with van der Waals surface area (Å²) in [5, 5.41) is 21.0. The van der Waals surface area contributed by atoms with E-state index in [-0.39, 0.29) is 22.3 Å². The predicted molar refractivity (Wildman–Crippen MR) is 81.4 cm³/mol. The number of halogens is 2. The van der Waals surface area contributed by atoms with Gasteiger partial charge < -0.3 is 14.7 Å². The second kappa shape index (κ2) is 5.96. The molecule has 8 heteroatoms. The van der Waals surface area contributed by atoms with Gasteiger partial charge in [0.05, 0.1) is 33.3 Å². The molecular formula is C13H16Cl2N2O4. The van der Waals surface area contributed by atoms with Crippen LogP contribution in [0.2, 0.25) is 10.0 Å². The molecule has 0 saturated carbocycles. The van der Waals surface area contributed by atoms with Crippen LogP contribution < -0.4 is 4.90 Å². The van der Waals surface area contributed by atoms with Gasteiger partial charge in [-0.15, -0.1) is 0 Å². The third kappa shape index (κ3) is 3.58. The molecule has 1 aliphatic heterocycles. The first-order chi connectivity index (χ1) is 9.73. The average Bonchev–Trinajstić information content (AvgIpc) is 2.39. The van der Waals surface area contributed by atoms with Crippen LogP contribution in [0.4, 0.5) is 11.4 Å². The molecule has 116 valence electrons. The second-order valence-corrected chi connectivity index (χ2v) is 6.39. The molecule has 2 rings (SSSR count). The van der Waals surface area contributed by atoms with Crippen LogP contribution in [0.15, 0.2) is 12.1 Å². The van der Waals surface area contributed by atoms with Gasteiger partial charge in [0.25, 0.3) is 5.69 Å². The molecule has 0 radical (unpaired) electrons. The fourth-order valence-electron chi connectivity index (χ4n) is 2.50. The summed E-state index contributed by atoms with van der Waals surface area (Å²) >= 11 is 11.9. The van der Waals surface area contributed by atoms with Gasteiger partial charge >= 0.3 is 0 Å².